The molecule has 2 aromatic rings. The summed E-state index contributed by atoms with van der Waals surface area (Å²) in [5.74, 6) is 0.205. The van der Waals surface area contributed by atoms with Crippen LogP contribution in [0.5, 0.6) is 0 Å². The highest BCUT2D eigenvalue weighted by molar-refractivity contribution is 14.1. The van der Waals surface area contributed by atoms with Crippen molar-refractivity contribution in [2.75, 3.05) is 6.61 Å². The van der Waals surface area contributed by atoms with Crippen LogP contribution in [0, 0.1) is 9.49 Å². The molecule has 34 heavy (non-hydrogen) atoms. The standard InChI is InChI=1S/C27H36INO4Si/c1-18-24(13-10-19-8-11-22(28)12-9-19)33-25(27(18)34(2,3)32)15-26(31)29-16-21-7-5-4-6-20(21)14-23(29)17-30/h4-9,11-12,18,23-25,27,30,32H,10,13-17H2,1-3H3/t18-,23+,24+,25-,27+/m1/s1. The van der Waals surface area contributed by atoms with Crippen molar-refractivity contribution >= 4 is 36.8 Å². The lowest BCUT2D eigenvalue weighted by atomic mass is 9.93. The molecule has 1 amide bonds. The van der Waals surface area contributed by atoms with E-state index in [1.165, 1.54) is 14.7 Å². The Morgan fingerprint density at radius 2 is 1.79 bits per heavy atom. The quantitative estimate of drug-likeness (QED) is 0.366. The smallest absolute Gasteiger partial charge is 0.225 e. The van der Waals surface area contributed by atoms with Crippen LogP contribution in [0.3, 0.4) is 0 Å². The molecule has 2 aliphatic heterocycles. The number of fused-ring (bicyclic) bond motifs is 1. The van der Waals surface area contributed by atoms with Crippen molar-refractivity contribution in [3.63, 3.8) is 0 Å². The third-order valence-corrected chi connectivity index (χ3v) is 10.9. The molecule has 4 rings (SSSR count). The lowest BCUT2D eigenvalue weighted by Gasteiger charge is -2.37. The fraction of sp³-hybridized carbons (Fsp3) is 0.519. The minimum Gasteiger partial charge on any atom is -0.432 e. The molecule has 7 heteroatoms. The Kier molecular flexibility index (Phi) is 8.19. The van der Waals surface area contributed by atoms with Crippen LogP contribution in [0.2, 0.25) is 18.6 Å². The molecule has 2 aromatic carbocycles. The first-order valence-electron chi connectivity index (χ1n) is 12.3. The second-order valence-corrected chi connectivity index (χ2v) is 15.7. The van der Waals surface area contributed by atoms with Gasteiger partial charge >= 0.3 is 0 Å². The molecule has 184 valence electrons. The fourth-order valence-corrected chi connectivity index (χ4v) is 8.87. The van der Waals surface area contributed by atoms with Crippen LogP contribution in [0.15, 0.2) is 48.5 Å². The molecule has 1 fully saturated rings. The van der Waals surface area contributed by atoms with E-state index in [2.05, 4.69) is 65.9 Å². The molecule has 0 aliphatic carbocycles. The first kappa shape index (κ1) is 25.8. The van der Waals surface area contributed by atoms with Gasteiger partial charge in [0.25, 0.3) is 0 Å². The Morgan fingerprint density at radius 3 is 2.44 bits per heavy atom. The molecule has 2 N–H and O–H groups in total. The summed E-state index contributed by atoms with van der Waals surface area (Å²) in [7, 11) is -2.55. The van der Waals surface area contributed by atoms with Crippen molar-refractivity contribution in [2.45, 2.75) is 76.0 Å². The molecule has 2 heterocycles. The van der Waals surface area contributed by atoms with Crippen LogP contribution in [0.4, 0.5) is 0 Å². The van der Waals surface area contributed by atoms with Gasteiger partial charge in [0.15, 0.2) is 8.32 Å². The van der Waals surface area contributed by atoms with Crippen molar-refractivity contribution in [1.82, 2.24) is 4.90 Å². The van der Waals surface area contributed by atoms with Gasteiger partial charge in [-0.25, -0.2) is 0 Å². The predicted octanol–water partition coefficient (Wildman–Crippen LogP) is 4.53. The summed E-state index contributed by atoms with van der Waals surface area (Å²) < 4.78 is 7.74. The number of aliphatic hydroxyl groups excluding tert-OH is 1. The number of carbonyl (C=O) groups is 1. The topological polar surface area (TPSA) is 70.0 Å². The molecular weight excluding hydrogens is 557 g/mol. The van der Waals surface area contributed by atoms with Crippen LogP contribution >= 0.6 is 22.6 Å². The monoisotopic (exact) mass is 593 g/mol. The fourth-order valence-electron chi connectivity index (χ4n) is 5.90. The van der Waals surface area contributed by atoms with Crippen molar-refractivity contribution in [1.29, 1.82) is 0 Å². The maximum absolute atomic E-state index is 13.5. The minimum atomic E-state index is -2.55. The van der Waals surface area contributed by atoms with Crippen molar-refractivity contribution < 1.29 is 19.4 Å². The van der Waals surface area contributed by atoms with Crippen LogP contribution in [-0.2, 0) is 28.9 Å². The Labute approximate surface area is 217 Å². The van der Waals surface area contributed by atoms with Crippen LogP contribution in [0.25, 0.3) is 0 Å². The lowest BCUT2D eigenvalue weighted by molar-refractivity contribution is -0.138. The number of rotatable bonds is 7. The summed E-state index contributed by atoms with van der Waals surface area (Å²) in [6, 6.07) is 16.5. The largest absolute Gasteiger partial charge is 0.432 e. The molecule has 0 spiro atoms. The zero-order valence-electron chi connectivity index (χ0n) is 20.3. The van der Waals surface area contributed by atoms with Crippen molar-refractivity contribution in [3.8, 4) is 0 Å². The Hall–Kier alpha value is -1.26. The molecule has 1 saturated heterocycles. The van der Waals surface area contributed by atoms with E-state index in [1.807, 2.05) is 30.1 Å². The summed E-state index contributed by atoms with van der Waals surface area (Å²) in [4.78, 5) is 26.5. The number of aryl methyl sites for hydroxylation is 1. The van der Waals surface area contributed by atoms with E-state index in [0.717, 1.165) is 18.4 Å². The number of carbonyl (C=O) groups excluding carboxylic acids is 1. The lowest BCUT2D eigenvalue weighted by Crippen LogP contribution is -2.48. The number of halogens is 1. The predicted molar refractivity (Wildman–Crippen MR) is 145 cm³/mol. The maximum Gasteiger partial charge on any atom is 0.225 e. The second-order valence-electron chi connectivity index (χ2n) is 10.5. The van der Waals surface area contributed by atoms with Crippen LogP contribution in [0.1, 0.15) is 36.5 Å². The first-order valence-corrected chi connectivity index (χ1v) is 16.4. The SMILES string of the molecule is C[C@H]1[C@H]([Si](C)(C)O)[C@@H](CC(=O)N2Cc3ccccc3C[C@H]2CO)O[C@H]1CCc1ccc(I)cc1. The normalized spacial score (nSPS) is 27.0. The Morgan fingerprint density at radius 1 is 1.12 bits per heavy atom. The van der Waals surface area contributed by atoms with E-state index < -0.39 is 8.32 Å². The third-order valence-electron chi connectivity index (χ3n) is 7.61. The number of ether oxygens (including phenoxy) is 1. The van der Waals surface area contributed by atoms with Gasteiger partial charge in [0.1, 0.15) is 0 Å². The van der Waals surface area contributed by atoms with E-state index in [9.17, 15) is 14.7 Å². The third kappa shape index (κ3) is 5.75. The first-order chi connectivity index (χ1) is 16.2. The van der Waals surface area contributed by atoms with Crippen LogP contribution in [-0.4, -0.2) is 53.9 Å². The average Bonchev–Trinajstić information content (AvgIpc) is 3.12. The van der Waals surface area contributed by atoms with Gasteiger partial charge in [0, 0.05) is 15.7 Å². The molecular formula is C27H36INO4Si. The van der Waals surface area contributed by atoms with Crippen LogP contribution < -0.4 is 0 Å². The second kappa shape index (κ2) is 10.8. The maximum atomic E-state index is 13.5. The van der Waals surface area contributed by atoms with Gasteiger partial charge in [-0.15, -0.1) is 0 Å². The molecule has 0 aromatic heterocycles. The van der Waals surface area contributed by atoms with Gasteiger partial charge in [-0.05, 0) is 89.7 Å². The molecule has 5 nitrogen and oxygen atoms in total. The molecule has 0 saturated carbocycles. The van der Waals surface area contributed by atoms with Gasteiger partial charge < -0.3 is 19.5 Å². The van der Waals surface area contributed by atoms with Crippen molar-refractivity contribution in [3.05, 3.63) is 68.8 Å². The number of nitrogens with zero attached hydrogens (tertiary/aromatic N) is 1. The molecule has 5 atom stereocenters. The van der Waals surface area contributed by atoms with E-state index in [1.54, 1.807) is 0 Å². The van der Waals surface area contributed by atoms with Gasteiger partial charge in [-0.3, -0.25) is 4.79 Å². The summed E-state index contributed by atoms with van der Waals surface area (Å²) in [6.07, 6.45) is 2.46. The number of hydrogen-bond acceptors (Lipinski definition) is 4. The Balaban J connectivity index is 1.46. The summed E-state index contributed by atoms with van der Waals surface area (Å²) in [6.45, 7) is 6.56. The summed E-state index contributed by atoms with van der Waals surface area (Å²) in [5, 5.41) is 10.00. The molecule has 0 bridgehead atoms. The van der Waals surface area contributed by atoms with E-state index in [0.29, 0.717) is 13.0 Å². The van der Waals surface area contributed by atoms with Crippen molar-refractivity contribution in [2.24, 2.45) is 5.92 Å². The number of hydrogen-bond donors (Lipinski definition) is 2. The Bertz CT molecular complexity index is 993. The van der Waals surface area contributed by atoms with E-state index in [-0.39, 0.29) is 48.6 Å². The van der Waals surface area contributed by atoms with E-state index >= 15 is 0 Å². The van der Waals surface area contributed by atoms with Gasteiger partial charge in [0.05, 0.1) is 31.3 Å². The molecule has 0 unspecified atom stereocenters. The minimum absolute atomic E-state index is 0.00262. The van der Waals surface area contributed by atoms with Gasteiger partial charge in [-0.1, -0.05) is 43.3 Å². The zero-order valence-corrected chi connectivity index (χ0v) is 23.4. The van der Waals surface area contributed by atoms with Gasteiger partial charge in [-0.2, -0.15) is 0 Å². The number of aliphatic hydroxyl groups is 1. The highest BCUT2D eigenvalue weighted by atomic mass is 127. The van der Waals surface area contributed by atoms with Gasteiger partial charge in [0.2, 0.25) is 5.91 Å². The highest BCUT2D eigenvalue weighted by Crippen LogP contribution is 2.46. The highest BCUT2D eigenvalue weighted by Gasteiger charge is 2.50. The molecule has 0 radical (unpaired) electrons. The zero-order chi connectivity index (χ0) is 24.5. The summed E-state index contributed by atoms with van der Waals surface area (Å²) in [5.41, 5.74) is 3.63. The van der Waals surface area contributed by atoms with E-state index in [4.69, 9.17) is 4.74 Å². The number of amides is 1. The average molecular weight is 594 g/mol. The summed E-state index contributed by atoms with van der Waals surface area (Å²) >= 11 is 2.31. The molecule has 2 aliphatic rings. The number of benzene rings is 2.